The van der Waals surface area contributed by atoms with Gasteiger partial charge in [0.15, 0.2) is 5.65 Å². The molecule has 0 radical (unpaired) electrons. The van der Waals surface area contributed by atoms with Gasteiger partial charge in [-0.25, -0.2) is 4.52 Å². The molecule has 0 aliphatic carbocycles. The van der Waals surface area contributed by atoms with Gasteiger partial charge in [0.25, 0.3) is 0 Å². The van der Waals surface area contributed by atoms with Crippen LogP contribution in [0, 0.1) is 13.8 Å². The van der Waals surface area contributed by atoms with Crippen molar-refractivity contribution in [3.8, 4) is 5.75 Å². The Bertz CT molecular complexity index is 1020. The molecule has 1 aliphatic rings. The van der Waals surface area contributed by atoms with Crippen LogP contribution in [-0.4, -0.2) is 63.9 Å². The van der Waals surface area contributed by atoms with E-state index in [4.69, 9.17) is 4.74 Å². The van der Waals surface area contributed by atoms with Crippen LogP contribution in [0.1, 0.15) is 23.2 Å². The van der Waals surface area contributed by atoms with Crippen molar-refractivity contribution in [1.29, 1.82) is 0 Å². The minimum absolute atomic E-state index is 0.190. The Balaban J connectivity index is 1.36. The molecule has 0 unspecified atom stereocenters. The second-order valence-electron chi connectivity index (χ2n) is 7.36. The molecule has 152 valence electrons. The standard InChI is InChI=1S/C21H26N6O2/c1-15-19(16(2)24-27-14-22-23-21(15)27)7-8-20(28)26-11-9-25(10-12-26)17-5-4-6-18(13-17)29-3/h4-6,13-14H,7-12H2,1-3H3. The largest absolute Gasteiger partial charge is 0.497 e. The smallest absolute Gasteiger partial charge is 0.223 e. The summed E-state index contributed by atoms with van der Waals surface area (Å²) in [4.78, 5) is 17.0. The number of methoxy groups -OCH3 is 1. The third-order valence-corrected chi connectivity index (χ3v) is 5.65. The summed E-state index contributed by atoms with van der Waals surface area (Å²) in [5, 5.41) is 12.5. The van der Waals surface area contributed by atoms with E-state index in [9.17, 15) is 4.79 Å². The normalized spacial score (nSPS) is 14.4. The minimum atomic E-state index is 0.190. The lowest BCUT2D eigenvalue weighted by Gasteiger charge is -2.36. The average molecular weight is 394 g/mol. The first-order valence-corrected chi connectivity index (χ1v) is 9.89. The summed E-state index contributed by atoms with van der Waals surface area (Å²) in [7, 11) is 1.68. The lowest BCUT2D eigenvalue weighted by atomic mass is 10.0. The van der Waals surface area contributed by atoms with Crippen molar-refractivity contribution in [3.05, 3.63) is 47.4 Å². The Morgan fingerprint density at radius 3 is 2.72 bits per heavy atom. The molecule has 0 N–H and O–H groups in total. The molecule has 29 heavy (non-hydrogen) atoms. The van der Waals surface area contributed by atoms with Crippen LogP contribution < -0.4 is 9.64 Å². The summed E-state index contributed by atoms with van der Waals surface area (Å²) in [5.41, 5.74) is 4.95. The summed E-state index contributed by atoms with van der Waals surface area (Å²) in [6, 6.07) is 8.06. The third kappa shape index (κ3) is 3.87. The number of aryl methyl sites for hydroxylation is 2. The first kappa shape index (κ1) is 19.2. The number of carbonyl (C=O) groups excluding carboxylic acids is 1. The molecule has 0 saturated carbocycles. The van der Waals surface area contributed by atoms with E-state index in [-0.39, 0.29) is 5.91 Å². The summed E-state index contributed by atoms with van der Waals surface area (Å²) < 4.78 is 7.00. The predicted octanol–water partition coefficient (Wildman–Crippen LogP) is 2.03. The van der Waals surface area contributed by atoms with Gasteiger partial charge >= 0.3 is 0 Å². The van der Waals surface area contributed by atoms with Gasteiger partial charge in [0.05, 0.1) is 12.8 Å². The van der Waals surface area contributed by atoms with Crippen molar-refractivity contribution in [3.63, 3.8) is 0 Å². The highest BCUT2D eigenvalue weighted by molar-refractivity contribution is 5.77. The van der Waals surface area contributed by atoms with E-state index in [0.717, 1.165) is 60.1 Å². The average Bonchev–Trinajstić information content (AvgIpc) is 3.22. The SMILES string of the molecule is COc1cccc(N2CCN(C(=O)CCc3c(C)nn4cnnc4c3C)CC2)c1. The number of piperazine rings is 1. The highest BCUT2D eigenvalue weighted by Crippen LogP contribution is 2.23. The third-order valence-electron chi connectivity index (χ3n) is 5.65. The highest BCUT2D eigenvalue weighted by atomic mass is 16.5. The molecule has 1 amide bonds. The van der Waals surface area contributed by atoms with Gasteiger partial charge in [-0.1, -0.05) is 6.07 Å². The molecule has 1 saturated heterocycles. The maximum absolute atomic E-state index is 12.8. The van der Waals surface area contributed by atoms with Crippen LogP contribution in [-0.2, 0) is 11.2 Å². The van der Waals surface area contributed by atoms with Gasteiger partial charge in [-0.15, -0.1) is 10.2 Å². The van der Waals surface area contributed by atoms with Crippen LogP contribution in [0.2, 0.25) is 0 Å². The zero-order valence-corrected chi connectivity index (χ0v) is 17.1. The molecule has 8 heteroatoms. The molecule has 1 aromatic carbocycles. The number of aromatic nitrogens is 4. The number of hydrogen-bond donors (Lipinski definition) is 0. The first-order chi connectivity index (χ1) is 14.1. The first-order valence-electron chi connectivity index (χ1n) is 9.89. The monoisotopic (exact) mass is 394 g/mol. The quantitative estimate of drug-likeness (QED) is 0.659. The lowest BCUT2D eigenvalue weighted by Crippen LogP contribution is -2.48. The van der Waals surface area contributed by atoms with E-state index in [2.05, 4.69) is 26.3 Å². The molecule has 1 aliphatic heterocycles. The van der Waals surface area contributed by atoms with Crippen molar-refractivity contribution in [1.82, 2.24) is 24.7 Å². The second-order valence-corrected chi connectivity index (χ2v) is 7.36. The maximum atomic E-state index is 12.8. The number of benzene rings is 1. The maximum Gasteiger partial charge on any atom is 0.223 e. The Hall–Kier alpha value is -3.16. The van der Waals surface area contributed by atoms with Crippen LogP contribution in [0.15, 0.2) is 30.6 Å². The molecule has 0 spiro atoms. The minimum Gasteiger partial charge on any atom is -0.497 e. The molecular weight excluding hydrogens is 368 g/mol. The number of anilines is 1. The van der Waals surface area contributed by atoms with Crippen LogP contribution in [0.5, 0.6) is 5.75 Å². The molecule has 4 rings (SSSR count). The van der Waals surface area contributed by atoms with Gasteiger partial charge in [-0.2, -0.15) is 5.10 Å². The number of ether oxygens (including phenoxy) is 1. The van der Waals surface area contributed by atoms with E-state index in [0.29, 0.717) is 12.8 Å². The number of amides is 1. The number of fused-ring (bicyclic) bond motifs is 1. The van der Waals surface area contributed by atoms with Crippen LogP contribution in [0.3, 0.4) is 0 Å². The van der Waals surface area contributed by atoms with Crippen molar-refractivity contribution in [2.75, 3.05) is 38.2 Å². The van der Waals surface area contributed by atoms with Crippen LogP contribution in [0.25, 0.3) is 5.65 Å². The van der Waals surface area contributed by atoms with Gasteiger partial charge < -0.3 is 14.5 Å². The van der Waals surface area contributed by atoms with Crippen molar-refractivity contribution < 1.29 is 9.53 Å². The zero-order valence-electron chi connectivity index (χ0n) is 17.1. The van der Waals surface area contributed by atoms with Crippen LogP contribution >= 0.6 is 0 Å². The van der Waals surface area contributed by atoms with Crippen LogP contribution in [0.4, 0.5) is 5.69 Å². The van der Waals surface area contributed by atoms with Gasteiger partial charge in [0, 0.05) is 49.9 Å². The molecular formula is C21H26N6O2. The molecule has 0 bridgehead atoms. The Morgan fingerprint density at radius 1 is 1.17 bits per heavy atom. The zero-order chi connectivity index (χ0) is 20.4. The Morgan fingerprint density at radius 2 is 1.97 bits per heavy atom. The van der Waals surface area contributed by atoms with Crippen molar-refractivity contribution in [2.45, 2.75) is 26.7 Å². The number of hydrogen-bond acceptors (Lipinski definition) is 6. The molecule has 3 heterocycles. The second kappa shape index (κ2) is 8.06. The van der Waals surface area contributed by atoms with E-state index in [1.807, 2.05) is 36.9 Å². The number of rotatable bonds is 5. The molecule has 1 fully saturated rings. The van der Waals surface area contributed by atoms with Gasteiger partial charge in [-0.05, 0) is 38.0 Å². The Labute approximate surface area is 170 Å². The lowest BCUT2D eigenvalue weighted by molar-refractivity contribution is -0.131. The number of carbonyl (C=O) groups is 1. The summed E-state index contributed by atoms with van der Waals surface area (Å²) in [6.07, 6.45) is 2.75. The molecule has 0 atom stereocenters. The highest BCUT2D eigenvalue weighted by Gasteiger charge is 2.22. The van der Waals surface area contributed by atoms with E-state index in [1.54, 1.807) is 18.0 Å². The van der Waals surface area contributed by atoms with E-state index < -0.39 is 0 Å². The summed E-state index contributed by atoms with van der Waals surface area (Å²) in [6.45, 7) is 7.10. The van der Waals surface area contributed by atoms with Gasteiger partial charge in [-0.3, -0.25) is 4.79 Å². The van der Waals surface area contributed by atoms with E-state index in [1.165, 1.54) is 0 Å². The fourth-order valence-electron chi connectivity index (χ4n) is 3.96. The van der Waals surface area contributed by atoms with Crippen molar-refractivity contribution >= 4 is 17.2 Å². The summed E-state index contributed by atoms with van der Waals surface area (Å²) >= 11 is 0. The molecule has 2 aromatic heterocycles. The van der Waals surface area contributed by atoms with Gasteiger partial charge in [0.2, 0.25) is 5.91 Å². The fourth-order valence-corrected chi connectivity index (χ4v) is 3.96. The van der Waals surface area contributed by atoms with E-state index >= 15 is 0 Å². The summed E-state index contributed by atoms with van der Waals surface area (Å²) in [5.74, 6) is 1.04. The van der Waals surface area contributed by atoms with Gasteiger partial charge in [0.1, 0.15) is 12.1 Å². The fraction of sp³-hybridized carbons (Fsp3) is 0.429. The topological polar surface area (TPSA) is 75.9 Å². The molecule has 8 nitrogen and oxygen atoms in total. The Kier molecular flexibility index (Phi) is 5.33. The molecule has 3 aromatic rings. The van der Waals surface area contributed by atoms with Crippen molar-refractivity contribution in [2.24, 2.45) is 0 Å². The predicted molar refractivity (Wildman–Crippen MR) is 110 cm³/mol. The number of nitrogens with zero attached hydrogens (tertiary/aromatic N) is 6.